The molecule has 2 amide bonds. The van der Waals surface area contributed by atoms with Crippen LogP contribution in [-0.4, -0.2) is 34.7 Å². The Morgan fingerprint density at radius 2 is 2.33 bits per heavy atom. The molecule has 1 aromatic heterocycles. The molecule has 0 spiro atoms. The van der Waals surface area contributed by atoms with Gasteiger partial charge in [0.05, 0.1) is 6.10 Å². The Hall–Kier alpha value is -0.720. The van der Waals surface area contributed by atoms with Crippen molar-refractivity contribution in [3.8, 4) is 0 Å². The molecule has 1 saturated carbocycles. The van der Waals surface area contributed by atoms with Gasteiger partial charge in [-0.25, -0.2) is 4.79 Å². The second-order valence-corrected chi connectivity index (χ2v) is 7.61. The summed E-state index contributed by atoms with van der Waals surface area (Å²) in [5.41, 5.74) is 0.859. The monoisotopic (exact) mass is 328 g/mol. The number of rotatable bonds is 6. The molecule has 0 saturated heterocycles. The van der Waals surface area contributed by atoms with E-state index in [0.717, 1.165) is 17.7 Å². The van der Waals surface area contributed by atoms with Crippen molar-refractivity contribution in [1.29, 1.82) is 0 Å². The molecule has 1 aliphatic rings. The molecule has 2 rings (SSSR count). The maximum Gasteiger partial charge on any atom is 0.315 e. The van der Waals surface area contributed by atoms with E-state index in [1.165, 1.54) is 19.3 Å². The molecular weight excluding hydrogens is 304 g/mol. The van der Waals surface area contributed by atoms with Gasteiger partial charge < -0.3 is 15.7 Å². The minimum atomic E-state index is -0.630. The van der Waals surface area contributed by atoms with Crippen LogP contribution in [0.1, 0.15) is 44.3 Å². The molecule has 118 valence electrons. The van der Waals surface area contributed by atoms with E-state index in [4.69, 9.17) is 0 Å². The number of thioether (sulfide) groups is 1. The van der Waals surface area contributed by atoms with Crippen LogP contribution >= 0.6 is 23.1 Å². The number of hydrogen-bond donors (Lipinski definition) is 3. The number of aliphatic hydroxyl groups excluding tert-OH is 1. The van der Waals surface area contributed by atoms with Crippen LogP contribution in [0.2, 0.25) is 0 Å². The summed E-state index contributed by atoms with van der Waals surface area (Å²) in [5.74, 6) is 1.08. The molecule has 6 heteroatoms. The molecule has 3 atom stereocenters. The van der Waals surface area contributed by atoms with Crippen molar-refractivity contribution in [1.82, 2.24) is 10.6 Å². The van der Waals surface area contributed by atoms with E-state index < -0.39 is 6.10 Å². The average Bonchev–Trinajstić information content (AvgIpc) is 3.01. The molecule has 0 aromatic carbocycles. The van der Waals surface area contributed by atoms with Gasteiger partial charge in [0.2, 0.25) is 0 Å². The highest BCUT2D eigenvalue weighted by molar-refractivity contribution is 7.99. The number of urea groups is 1. The van der Waals surface area contributed by atoms with Crippen LogP contribution in [0.15, 0.2) is 16.8 Å². The van der Waals surface area contributed by atoms with Crippen molar-refractivity contribution in [2.75, 3.05) is 12.3 Å². The molecule has 1 heterocycles. The molecule has 4 nitrogen and oxygen atoms in total. The Morgan fingerprint density at radius 1 is 1.52 bits per heavy atom. The van der Waals surface area contributed by atoms with Crippen molar-refractivity contribution >= 4 is 29.1 Å². The van der Waals surface area contributed by atoms with Crippen LogP contribution in [0.4, 0.5) is 4.79 Å². The number of nitrogens with one attached hydrogen (secondary N) is 2. The predicted octanol–water partition coefficient (Wildman–Crippen LogP) is 3.15. The lowest BCUT2D eigenvalue weighted by Crippen LogP contribution is -2.48. The zero-order valence-corrected chi connectivity index (χ0v) is 14.0. The fraction of sp³-hybridized carbons (Fsp3) is 0.667. The topological polar surface area (TPSA) is 61.4 Å². The predicted molar refractivity (Wildman–Crippen MR) is 90.0 cm³/mol. The summed E-state index contributed by atoms with van der Waals surface area (Å²) in [6.45, 7) is 2.41. The lowest BCUT2D eigenvalue weighted by atomic mass is 9.95. The Morgan fingerprint density at radius 3 is 3.05 bits per heavy atom. The minimum Gasteiger partial charge on any atom is -0.387 e. The van der Waals surface area contributed by atoms with Crippen molar-refractivity contribution in [2.24, 2.45) is 0 Å². The van der Waals surface area contributed by atoms with Gasteiger partial charge in [0.15, 0.2) is 0 Å². The zero-order chi connectivity index (χ0) is 15.1. The molecule has 3 unspecified atom stereocenters. The van der Waals surface area contributed by atoms with Gasteiger partial charge in [0.25, 0.3) is 0 Å². The van der Waals surface area contributed by atoms with Gasteiger partial charge >= 0.3 is 6.03 Å². The first kappa shape index (κ1) is 16.6. The Bertz CT molecular complexity index is 423. The zero-order valence-electron chi connectivity index (χ0n) is 12.4. The van der Waals surface area contributed by atoms with Crippen LogP contribution in [-0.2, 0) is 0 Å². The molecule has 1 aromatic rings. The lowest BCUT2D eigenvalue weighted by Gasteiger charge is -2.31. The Kier molecular flexibility index (Phi) is 6.86. The van der Waals surface area contributed by atoms with Crippen LogP contribution in [0.25, 0.3) is 0 Å². The quantitative estimate of drug-likeness (QED) is 0.752. The summed E-state index contributed by atoms with van der Waals surface area (Å²) >= 11 is 3.48. The molecule has 21 heavy (non-hydrogen) atoms. The number of carbonyl (C=O) groups excluding carboxylic acids is 1. The van der Waals surface area contributed by atoms with Gasteiger partial charge in [0.1, 0.15) is 0 Å². The second-order valence-electron chi connectivity index (χ2n) is 5.31. The van der Waals surface area contributed by atoms with Gasteiger partial charge in [0, 0.05) is 17.8 Å². The average molecular weight is 329 g/mol. The highest BCUT2D eigenvalue weighted by Crippen LogP contribution is 2.28. The number of amides is 2. The first-order valence-electron chi connectivity index (χ1n) is 7.56. The molecule has 1 fully saturated rings. The van der Waals surface area contributed by atoms with Crippen molar-refractivity contribution in [3.63, 3.8) is 0 Å². The van der Waals surface area contributed by atoms with Gasteiger partial charge in [-0.15, -0.1) is 0 Å². The normalized spacial score (nSPS) is 23.5. The van der Waals surface area contributed by atoms with E-state index in [-0.39, 0.29) is 18.6 Å². The maximum atomic E-state index is 12.0. The summed E-state index contributed by atoms with van der Waals surface area (Å²) in [6, 6.07) is 1.96. The fourth-order valence-corrected chi connectivity index (χ4v) is 4.57. The molecule has 0 radical (unpaired) electrons. The third-order valence-corrected chi connectivity index (χ3v) is 5.81. The molecule has 3 N–H and O–H groups in total. The van der Waals surface area contributed by atoms with E-state index in [2.05, 4.69) is 17.6 Å². The van der Waals surface area contributed by atoms with Crippen LogP contribution in [0, 0.1) is 0 Å². The number of carbonyl (C=O) groups is 1. The standard InChI is InChI=1S/C15H24N2O2S2/c1-2-21-14-6-4-3-5-12(14)17-15(19)16-9-13(18)11-7-8-20-10-11/h7-8,10,12-14,18H,2-6,9H2,1H3,(H2,16,17,19). The summed E-state index contributed by atoms with van der Waals surface area (Å²) in [6.07, 6.45) is 4.05. The van der Waals surface area contributed by atoms with Gasteiger partial charge in [-0.2, -0.15) is 23.1 Å². The van der Waals surface area contributed by atoms with Crippen molar-refractivity contribution < 1.29 is 9.90 Å². The number of aliphatic hydroxyl groups is 1. The van der Waals surface area contributed by atoms with E-state index in [1.54, 1.807) is 11.3 Å². The number of thiophene rings is 1. The first-order valence-corrected chi connectivity index (χ1v) is 9.56. The molecule has 1 aliphatic carbocycles. The van der Waals surface area contributed by atoms with Gasteiger partial charge in [-0.05, 0) is 41.0 Å². The van der Waals surface area contributed by atoms with E-state index in [1.807, 2.05) is 28.6 Å². The molecule has 0 aliphatic heterocycles. The van der Waals surface area contributed by atoms with Gasteiger partial charge in [-0.3, -0.25) is 0 Å². The highest BCUT2D eigenvalue weighted by atomic mass is 32.2. The summed E-state index contributed by atoms with van der Waals surface area (Å²) < 4.78 is 0. The van der Waals surface area contributed by atoms with Crippen LogP contribution in [0.3, 0.4) is 0 Å². The fourth-order valence-electron chi connectivity index (χ4n) is 2.67. The largest absolute Gasteiger partial charge is 0.387 e. The highest BCUT2D eigenvalue weighted by Gasteiger charge is 2.26. The maximum absolute atomic E-state index is 12.0. The third-order valence-electron chi connectivity index (χ3n) is 3.78. The van der Waals surface area contributed by atoms with Crippen LogP contribution in [0.5, 0.6) is 0 Å². The number of hydrogen-bond acceptors (Lipinski definition) is 4. The molecular formula is C15H24N2O2S2. The third kappa shape index (κ3) is 5.20. The lowest BCUT2D eigenvalue weighted by molar-refractivity contribution is 0.172. The smallest absolute Gasteiger partial charge is 0.315 e. The van der Waals surface area contributed by atoms with E-state index >= 15 is 0 Å². The minimum absolute atomic E-state index is 0.169. The molecule has 0 bridgehead atoms. The van der Waals surface area contributed by atoms with E-state index in [9.17, 15) is 9.90 Å². The summed E-state index contributed by atoms with van der Waals surface area (Å²) in [7, 11) is 0. The SMILES string of the molecule is CCSC1CCCCC1NC(=O)NCC(O)c1ccsc1. The summed E-state index contributed by atoms with van der Waals surface area (Å²) in [4.78, 5) is 12.0. The Labute approximate surface area is 134 Å². The summed E-state index contributed by atoms with van der Waals surface area (Å²) in [5, 5.41) is 20.2. The van der Waals surface area contributed by atoms with Crippen LogP contribution < -0.4 is 10.6 Å². The first-order chi connectivity index (χ1) is 10.2. The van der Waals surface area contributed by atoms with Crippen molar-refractivity contribution in [3.05, 3.63) is 22.4 Å². The Balaban J connectivity index is 1.75. The van der Waals surface area contributed by atoms with E-state index in [0.29, 0.717) is 5.25 Å². The second kappa shape index (κ2) is 8.66. The van der Waals surface area contributed by atoms with Gasteiger partial charge in [-0.1, -0.05) is 19.8 Å². The van der Waals surface area contributed by atoms with Crippen molar-refractivity contribution in [2.45, 2.75) is 50.0 Å².